The molecule has 2 aliphatic heterocycles. The second kappa shape index (κ2) is 11.8. The lowest BCUT2D eigenvalue weighted by atomic mass is 10.1. The SMILES string of the molecule is CCN(CC)CCNC(=O)c1ccc(C2NNC3C(N2)ON(C)ON3Cc2cccnc2)cc1. The van der Waals surface area contributed by atoms with Gasteiger partial charge in [0.1, 0.15) is 6.17 Å². The zero-order valence-corrected chi connectivity index (χ0v) is 19.9. The number of fused-ring (bicyclic) bond motifs is 1. The standard InChI is InChI=1S/C23H34N8O3/c1-4-30(5-2)14-13-25-22(32)19-10-8-18(9-11-19)20-26-23-21(28-27-20)31(34-29(3)33-23)16-17-7-6-12-24-15-17/h6-12,15,20-21,23,26-28H,4-5,13-14,16H2,1-3H3,(H,25,32). The Morgan fingerprint density at radius 3 is 2.68 bits per heavy atom. The number of nitrogens with zero attached hydrogens (tertiary/aromatic N) is 4. The number of carbonyl (C=O) groups is 1. The van der Waals surface area contributed by atoms with Crippen molar-refractivity contribution >= 4 is 5.91 Å². The summed E-state index contributed by atoms with van der Waals surface area (Å²) in [6, 6.07) is 11.4. The molecule has 1 amide bonds. The van der Waals surface area contributed by atoms with E-state index in [1.54, 1.807) is 18.3 Å². The average Bonchev–Trinajstić information content (AvgIpc) is 2.87. The van der Waals surface area contributed by atoms with Crippen LogP contribution >= 0.6 is 0 Å². The molecule has 2 aromatic rings. The van der Waals surface area contributed by atoms with E-state index >= 15 is 0 Å². The minimum atomic E-state index is -0.371. The molecule has 2 fully saturated rings. The number of hydroxylamine groups is 4. The minimum Gasteiger partial charge on any atom is -0.351 e. The van der Waals surface area contributed by atoms with Crippen LogP contribution in [0.5, 0.6) is 0 Å². The number of hydrazine groups is 1. The number of hydrogen-bond acceptors (Lipinski definition) is 10. The third-order valence-electron chi connectivity index (χ3n) is 5.96. The van der Waals surface area contributed by atoms with E-state index in [4.69, 9.17) is 9.78 Å². The van der Waals surface area contributed by atoms with E-state index in [0.29, 0.717) is 18.7 Å². The van der Waals surface area contributed by atoms with E-state index in [0.717, 1.165) is 30.8 Å². The number of rotatable bonds is 9. The number of nitrogens with one attached hydrogen (secondary N) is 4. The van der Waals surface area contributed by atoms with Gasteiger partial charge in [0.15, 0.2) is 6.23 Å². The molecule has 0 radical (unpaired) electrons. The summed E-state index contributed by atoms with van der Waals surface area (Å²) in [4.78, 5) is 30.5. The molecule has 4 N–H and O–H groups in total. The van der Waals surface area contributed by atoms with Crippen LogP contribution in [0.4, 0.5) is 0 Å². The van der Waals surface area contributed by atoms with Crippen molar-refractivity contribution in [1.82, 2.24) is 41.7 Å². The van der Waals surface area contributed by atoms with Crippen molar-refractivity contribution in [2.24, 2.45) is 0 Å². The molecule has 3 atom stereocenters. The van der Waals surface area contributed by atoms with Gasteiger partial charge in [0.25, 0.3) is 5.91 Å². The van der Waals surface area contributed by atoms with Crippen molar-refractivity contribution in [3.05, 3.63) is 65.5 Å². The highest BCUT2D eigenvalue weighted by Crippen LogP contribution is 2.23. The Balaban J connectivity index is 1.33. The van der Waals surface area contributed by atoms with Gasteiger partial charge in [-0.3, -0.25) is 19.9 Å². The molecule has 2 saturated heterocycles. The maximum Gasteiger partial charge on any atom is 0.251 e. The van der Waals surface area contributed by atoms with Crippen LogP contribution in [-0.2, 0) is 16.3 Å². The molecule has 11 nitrogen and oxygen atoms in total. The van der Waals surface area contributed by atoms with Crippen LogP contribution in [0.3, 0.4) is 0 Å². The molecule has 2 aliphatic rings. The smallest absolute Gasteiger partial charge is 0.251 e. The number of benzene rings is 1. The lowest BCUT2D eigenvalue weighted by Gasteiger charge is -2.47. The average molecular weight is 471 g/mol. The zero-order valence-electron chi connectivity index (χ0n) is 19.9. The van der Waals surface area contributed by atoms with Gasteiger partial charge in [0.2, 0.25) is 0 Å². The van der Waals surface area contributed by atoms with Gasteiger partial charge in [0.05, 0.1) is 12.7 Å². The highest BCUT2D eigenvalue weighted by atomic mass is 17.0. The zero-order chi connectivity index (χ0) is 23.9. The predicted octanol–water partition coefficient (Wildman–Crippen LogP) is 0.727. The number of pyridine rings is 1. The Bertz CT molecular complexity index is 912. The summed E-state index contributed by atoms with van der Waals surface area (Å²) < 4.78 is 0. The van der Waals surface area contributed by atoms with Gasteiger partial charge in [-0.2, -0.15) is 4.94 Å². The molecule has 34 heavy (non-hydrogen) atoms. The molecule has 3 unspecified atom stereocenters. The van der Waals surface area contributed by atoms with Gasteiger partial charge >= 0.3 is 0 Å². The maximum absolute atomic E-state index is 12.5. The molecular formula is C23H34N8O3. The van der Waals surface area contributed by atoms with E-state index in [-0.39, 0.29) is 24.5 Å². The Morgan fingerprint density at radius 2 is 1.97 bits per heavy atom. The third kappa shape index (κ3) is 6.14. The molecule has 0 aliphatic carbocycles. The number of likely N-dealkylation sites (N-methyl/N-ethyl adjacent to an activating group) is 1. The van der Waals surface area contributed by atoms with E-state index in [1.165, 1.54) is 5.23 Å². The number of carbonyl (C=O) groups excluding carboxylic acids is 1. The Kier molecular flexibility index (Phi) is 8.53. The number of aromatic nitrogens is 1. The van der Waals surface area contributed by atoms with Gasteiger partial charge < -0.3 is 10.2 Å². The van der Waals surface area contributed by atoms with Crippen LogP contribution in [0.2, 0.25) is 0 Å². The van der Waals surface area contributed by atoms with E-state index in [2.05, 4.69) is 45.2 Å². The molecule has 1 aromatic carbocycles. The largest absolute Gasteiger partial charge is 0.351 e. The summed E-state index contributed by atoms with van der Waals surface area (Å²) in [5.74, 6) is -0.0677. The van der Waals surface area contributed by atoms with Gasteiger partial charge in [-0.05, 0) is 47.6 Å². The van der Waals surface area contributed by atoms with Crippen LogP contribution in [0.1, 0.15) is 41.5 Å². The van der Waals surface area contributed by atoms with Crippen molar-refractivity contribution in [3.8, 4) is 0 Å². The number of amides is 1. The maximum atomic E-state index is 12.5. The molecule has 3 heterocycles. The lowest BCUT2D eigenvalue weighted by molar-refractivity contribution is -0.520. The molecular weight excluding hydrogens is 436 g/mol. The molecule has 0 bridgehead atoms. The van der Waals surface area contributed by atoms with Gasteiger partial charge in [-0.15, -0.1) is 5.06 Å². The second-order valence-corrected chi connectivity index (χ2v) is 8.22. The normalized spacial score (nSPS) is 23.6. The van der Waals surface area contributed by atoms with Crippen LogP contribution in [0, 0.1) is 0 Å². The summed E-state index contributed by atoms with van der Waals surface area (Å²) in [5.41, 5.74) is 9.18. The molecule has 11 heteroatoms. The van der Waals surface area contributed by atoms with Gasteiger partial charge in [0, 0.05) is 38.1 Å². The van der Waals surface area contributed by atoms with E-state index in [1.807, 2.05) is 42.6 Å². The fourth-order valence-electron chi connectivity index (χ4n) is 4.00. The molecule has 0 saturated carbocycles. The third-order valence-corrected chi connectivity index (χ3v) is 5.96. The van der Waals surface area contributed by atoms with E-state index < -0.39 is 0 Å². The first-order valence-corrected chi connectivity index (χ1v) is 11.7. The minimum absolute atomic E-state index is 0.0677. The second-order valence-electron chi connectivity index (χ2n) is 8.22. The first-order chi connectivity index (χ1) is 16.6. The topological polar surface area (TPSA) is 106 Å². The molecule has 1 aromatic heterocycles. The Labute approximate surface area is 200 Å². The van der Waals surface area contributed by atoms with Crippen molar-refractivity contribution in [2.45, 2.75) is 39.0 Å². The highest BCUT2D eigenvalue weighted by Gasteiger charge is 2.41. The summed E-state index contributed by atoms with van der Waals surface area (Å²) in [6.45, 7) is 8.20. The van der Waals surface area contributed by atoms with Crippen LogP contribution in [0.15, 0.2) is 48.8 Å². The van der Waals surface area contributed by atoms with Gasteiger partial charge in [-0.25, -0.2) is 10.9 Å². The van der Waals surface area contributed by atoms with Crippen molar-refractivity contribution in [2.75, 3.05) is 33.2 Å². The van der Waals surface area contributed by atoms with Gasteiger partial charge in [-0.1, -0.05) is 32.0 Å². The first kappa shape index (κ1) is 24.6. The highest BCUT2D eigenvalue weighted by molar-refractivity contribution is 5.94. The van der Waals surface area contributed by atoms with Crippen molar-refractivity contribution in [3.63, 3.8) is 0 Å². The monoisotopic (exact) mass is 470 g/mol. The molecule has 184 valence electrons. The first-order valence-electron chi connectivity index (χ1n) is 11.7. The summed E-state index contributed by atoms with van der Waals surface area (Å²) in [6.07, 6.45) is 2.69. The molecule has 0 spiro atoms. The Morgan fingerprint density at radius 1 is 1.18 bits per heavy atom. The lowest BCUT2D eigenvalue weighted by Crippen LogP contribution is -2.72. The van der Waals surface area contributed by atoms with E-state index in [9.17, 15) is 4.79 Å². The fraction of sp³-hybridized carbons (Fsp3) is 0.478. The number of hydrogen-bond donors (Lipinski definition) is 4. The van der Waals surface area contributed by atoms with Crippen LogP contribution in [-0.4, -0.2) is 71.7 Å². The fourth-order valence-corrected chi connectivity index (χ4v) is 4.00. The van der Waals surface area contributed by atoms with Crippen molar-refractivity contribution < 1.29 is 14.6 Å². The van der Waals surface area contributed by atoms with Crippen LogP contribution < -0.4 is 21.5 Å². The predicted molar refractivity (Wildman–Crippen MR) is 126 cm³/mol. The van der Waals surface area contributed by atoms with Crippen LogP contribution in [0.25, 0.3) is 0 Å². The Hall–Kier alpha value is -2.48. The van der Waals surface area contributed by atoms with Crippen molar-refractivity contribution in [1.29, 1.82) is 0 Å². The summed E-state index contributed by atoms with van der Waals surface area (Å²) >= 11 is 0. The summed E-state index contributed by atoms with van der Waals surface area (Å²) in [7, 11) is 1.71. The molecule has 4 rings (SSSR count). The quantitative estimate of drug-likeness (QED) is 0.419. The summed E-state index contributed by atoms with van der Waals surface area (Å²) in [5, 5.41) is 9.55.